The molecule has 0 N–H and O–H groups in total. The zero-order chi connectivity index (χ0) is 19.4. The highest BCUT2D eigenvalue weighted by Crippen LogP contribution is 2.34. The van der Waals surface area contributed by atoms with Crippen LogP contribution < -0.4 is 4.90 Å². The summed E-state index contributed by atoms with van der Waals surface area (Å²) in [7, 11) is 1.49. The number of aryl methyl sites for hydroxylation is 1. The number of hydrogen-bond acceptors (Lipinski definition) is 6. The van der Waals surface area contributed by atoms with Crippen molar-refractivity contribution in [3.63, 3.8) is 0 Å². The van der Waals surface area contributed by atoms with Crippen LogP contribution in [0.1, 0.15) is 18.4 Å². The summed E-state index contributed by atoms with van der Waals surface area (Å²) in [6.07, 6.45) is 1.48. The van der Waals surface area contributed by atoms with Crippen LogP contribution in [-0.4, -0.2) is 46.0 Å². The number of anilines is 1. The lowest BCUT2D eigenvalue weighted by Crippen LogP contribution is -2.36. The maximum Gasteiger partial charge on any atom is 0.331 e. The van der Waals surface area contributed by atoms with E-state index in [0.717, 1.165) is 11.8 Å². The monoisotopic (exact) mass is 379 g/mol. The van der Waals surface area contributed by atoms with Crippen LogP contribution in [0.4, 0.5) is 20.3 Å². The molecule has 1 aliphatic rings. The molecule has 1 fully saturated rings. The van der Waals surface area contributed by atoms with Gasteiger partial charge in [-0.2, -0.15) is 5.10 Å². The van der Waals surface area contributed by atoms with Crippen LogP contribution in [0.5, 0.6) is 0 Å². The van der Waals surface area contributed by atoms with Gasteiger partial charge in [-0.25, -0.2) is 13.5 Å². The Balaban J connectivity index is 1.72. The number of hydrogen-bond donors (Lipinski definition) is 0. The fraction of sp³-hybridized carbons (Fsp3) is 0.412. The Morgan fingerprint density at radius 2 is 2.15 bits per heavy atom. The third kappa shape index (κ3) is 4.57. The van der Waals surface area contributed by atoms with Gasteiger partial charge in [0.15, 0.2) is 0 Å². The second-order valence-corrected chi connectivity index (χ2v) is 6.38. The van der Waals surface area contributed by atoms with Gasteiger partial charge >= 0.3 is 5.69 Å². The smallest absolute Gasteiger partial charge is 0.331 e. The predicted octanol–water partition coefficient (Wildman–Crippen LogP) is 2.98. The first-order valence-corrected chi connectivity index (χ1v) is 8.39. The molecule has 1 saturated heterocycles. The Bertz CT molecular complexity index is 825. The maximum absolute atomic E-state index is 14.4. The van der Waals surface area contributed by atoms with Gasteiger partial charge in [-0.1, -0.05) is 35.5 Å². The fourth-order valence-corrected chi connectivity index (χ4v) is 3.06. The number of halogens is 2. The topological polar surface area (TPSA) is 85.8 Å². The highest BCUT2D eigenvalue weighted by Gasteiger charge is 2.41. The van der Waals surface area contributed by atoms with Crippen LogP contribution in [0.2, 0.25) is 0 Å². The van der Waals surface area contributed by atoms with E-state index in [1.807, 2.05) is 30.3 Å². The molecule has 2 heterocycles. The molecule has 0 amide bonds. The van der Waals surface area contributed by atoms with Gasteiger partial charge in [-0.15, -0.1) is 0 Å². The molecule has 0 bridgehead atoms. The van der Waals surface area contributed by atoms with E-state index in [1.54, 1.807) is 0 Å². The van der Waals surface area contributed by atoms with Crippen molar-refractivity contribution in [2.24, 2.45) is 12.2 Å². The third-order valence-corrected chi connectivity index (χ3v) is 4.27. The summed E-state index contributed by atoms with van der Waals surface area (Å²) in [5, 5.41) is 18.8. The molecule has 0 saturated carbocycles. The molecule has 0 aliphatic carbocycles. The molecular formula is C17H19F2N5O3. The van der Waals surface area contributed by atoms with E-state index in [4.69, 9.17) is 4.84 Å². The van der Waals surface area contributed by atoms with Crippen molar-refractivity contribution in [2.45, 2.75) is 24.9 Å². The van der Waals surface area contributed by atoms with E-state index in [9.17, 15) is 18.9 Å². The molecule has 144 valence electrons. The number of rotatable bonds is 5. The van der Waals surface area contributed by atoms with Gasteiger partial charge < -0.3 is 9.74 Å². The summed E-state index contributed by atoms with van der Waals surface area (Å²) >= 11 is 0. The molecule has 0 unspecified atom stereocenters. The second-order valence-electron chi connectivity index (χ2n) is 6.38. The van der Waals surface area contributed by atoms with Crippen LogP contribution in [0.3, 0.4) is 0 Å². The van der Waals surface area contributed by atoms with E-state index in [2.05, 4.69) is 10.3 Å². The van der Waals surface area contributed by atoms with Crippen LogP contribution in [0, 0.1) is 10.1 Å². The second kappa shape index (κ2) is 7.68. The highest BCUT2D eigenvalue weighted by atomic mass is 19.3. The van der Waals surface area contributed by atoms with Crippen molar-refractivity contribution in [1.82, 2.24) is 9.78 Å². The molecule has 0 radical (unpaired) electrons. The van der Waals surface area contributed by atoms with E-state index in [1.165, 1.54) is 22.8 Å². The highest BCUT2D eigenvalue weighted by molar-refractivity contribution is 5.78. The SMILES string of the molecule is Cn1ncc([N+](=O)[O-])c1N1CC[C@H](O/N=C\c2ccccc2)CC(F)(F)C1. The summed E-state index contributed by atoms with van der Waals surface area (Å²) in [5.74, 6) is -3.02. The van der Waals surface area contributed by atoms with E-state index in [0.29, 0.717) is 0 Å². The van der Waals surface area contributed by atoms with Gasteiger partial charge in [0.05, 0.1) is 24.1 Å². The molecule has 0 spiro atoms. The fourth-order valence-electron chi connectivity index (χ4n) is 3.06. The Hall–Kier alpha value is -3.04. The molecule has 1 aromatic carbocycles. The van der Waals surface area contributed by atoms with Crippen molar-refractivity contribution >= 4 is 17.7 Å². The van der Waals surface area contributed by atoms with Gasteiger partial charge in [0.1, 0.15) is 12.3 Å². The summed E-state index contributed by atoms with van der Waals surface area (Å²) < 4.78 is 30.0. The number of aromatic nitrogens is 2. The Kier molecular flexibility index (Phi) is 5.33. The van der Waals surface area contributed by atoms with E-state index < -0.39 is 29.9 Å². The van der Waals surface area contributed by atoms with Gasteiger partial charge in [-0.05, 0) is 5.56 Å². The zero-order valence-electron chi connectivity index (χ0n) is 14.7. The van der Waals surface area contributed by atoms with Crippen molar-refractivity contribution < 1.29 is 18.5 Å². The Morgan fingerprint density at radius 3 is 2.85 bits per heavy atom. The number of nitro groups is 1. The summed E-state index contributed by atoms with van der Waals surface area (Å²) in [4.78, 5) is 17.1. The number of oxime groups is 1. The minimum absolute atomic E-state index is 0.0631. The molecule has 3 rings (SSSR count). The number of nitrogens with zero attached hydrogens (tertiary/aromatic N) is 5. The molecule has 10 heteroatoms. The molecule has 8 nitrogen and oxygen atoms in total. The normalized spacial score (nSPS) is 19.8. The Morgan fingerprint density at radius 1 is 1.41 bits per heavy atom. The molecule has 27 heavy (non-hydrogen) atoms. The average Bonchev–Trinajstić information content (AvgIpc) is 2.93. The largest absolute Gasteiger partial charge is 0.392 e. The van der Waals surface area contributed by atoms with Crippen molar-refractivity contribution in [2.75, 3.05) is 18.0 Å². The minimum atomic E-state index is -3.08. The van der Waals surface area contributed by atoms with E-state index >= 15 is 0 Å². The van der Waals surface area contributed by atoms with Crippen LogP contribution in [0.25, 0.3) is 0 Å². The quantitative estimate of drug-likeness (QED) is 0.453. The average molecular weight is 379 g/mol. The van der Waals surface area contributed by atoms with Gasteiger partial charge in [0, 0.05) is 20.0 Å². The molecule has 1 atom stereocenters. The van der Waals surface area contributed by atoms with Gasteiger partial charge in [-0.3, -0.25) is 10.1 Å². The molecule has 1 aliphatic heterocycles. The number of alkyl halides is 2. The summed E-state index contributed by atoms with van der Waals surface area (Å²) in [6, 6.07) is 9.16. The lowest BCUT2D eigenvalue weighted by atomic mass is 10.1. The molecule has 2 aromatic rings. The van der Waals surface area contributed by atoms with Gasteiger partial charge in [0.2, 0.25) is 5.82 Å². The van der Waals surface area contributed by atoms with Crippen LogP contribution in [0.15, 0.2) is 41.7 Å². The predicted molar refractivity (Wildman–Crippen MR) is 95.2 cm³/mol. The first-order valence-electron chi connectivity index (χ1n) is 8.39. The maximum atomic E-state index is 14.4. The molecule has 1 aromatic heterocycles. The Labute approximate surface area is 154 Å². The third-order valence-electron chi connectivity index (χ3n) is 4.27. The first kappa shape index (κ1) is 18.7. The summed E-state index contributed by atoms with van der Waals surface area (Å²) in [5.41, 5.74) is 0.500. The molecular weight excluding hydrogens is 360 g/mol. The lowest BCUT2D eigenvalue weighted by Gasteiger charge is -2.24. The summed E-state index contributed by atoms with van der Waals surface area (Å²) in [6.45, 7) is -0.475. The van der Waals surface area contributed by atoms with Gasteiger partial charge in [0.25, 0.3) is 5.92 Å². The van der Waals surface area contributed by atoms with Crippen LogP contribution in [-0.2, 0) is 11.9 Å². The van der Waals surface area contributed by atoms with Crippen molar-refractivity contribution in [3.8, 4) is 0 Å². The van der Waals surface area contributed by atoms with Crippen molar-refractivity contribution in [1.29, 1.82) is 0 Å². The number of benzene rings is 1. The van der Waals surface area contributed by atoms with E-state index in [-0.39, 0.29) is 24.5 Å². The minimum Gasteiger partial charge on any atom is -0.392 e. The van der Waals surface area contributed by atoms with Crippen molar-refractivity contribution in [3.05, 3.63) is 52.2 Å². The standard InChI is InChI=1S/C17H19F2N5O3/c1-22-16(15(11-20-22)24(25)26)23-8-7-14(9-17(18,19)12-23)27-21-10-13-5-3-2-4-6-13/h2-6,10-11,14H,7-9,12H2,1H3/b21-10-/t14-/m0/s1. The first-order chi connectivity index (χ1) is 12.9. The zero-order valence-corrected chi connectivity index (χ0v) is 14.7. The van der Waals surface area contributed by atoms with Crippen LogP contribution >= 0.6 is 0 Å². The lowest BCUT2D eigenvalue weighted by molar-refractivity contribution is -0.384.